The summed E-state index contributed by atoms with van der Waals surface area (Å²) in [5.74, 6) is 0.367. The highest BCUT2D eigenvalue weighted by Crippen LogP contribution is 2.19. The Morgan fingerprint density at radius 3 is 2.67 bits per heavy atom. The van der Waals surface area contributed by atoms with Crippen LogP contribution in [0.4, 0.5) is 5.82 Å². The highest BCUT2D eigenvalue weighted by molar-refractivity contribution is 14.1. The van der Waals surface area contributed by atoms with Crippen LogP contribution in [0.25, 0.3) is 0 Å². The zero-order valence-electron chi connectivity index (χ0n) is 13.0. The summed E-state index contributed by atoms with van der Waals surface area (Å²) in [7, 11) is 0. The molecule has 0 aliphatic carbocycles. The van der Waals surface area contributed by atoms with Crippen molar-refractivity contribution < 1.29 is 4.79 Å². The molecule has 1 amide bonds. The number of carbonyl (C=O) groups excluding carboxylic acids is 1. The SMILES string of the molecule is Cc1cc(NC(=O)c2ccccc2I)nn1Cc1ccccc1Cl. The lowest BCUT2D eigenvalue weighted by Crippen LogP contribution is -2.14. The number of carbonyl (C=O) groups is 1. The summed E-state index contributed by atoms with van der Waals surface area (Å²) in [5, 5.41) is 8.02. The molecule has 0 unspecified atom stereocenters. The molecular weight excluding hydrogens is 437 g/mol. The van der Waals surface area contributed by atoms with Crippen LogP contribution >= 0.6 is 34.2 Å². The Morgan fingerprint density at radius 2 is 1.92 bits per heavy atom. The van der Waals surface area contributed by atoms with Crippen molar-refractivity contribution in [3.8, 4) is 0 Å². The van der Waals surface area contributed by atoms with Gasteiger partial charge in [0, 0.05) is 20.4 Å². The topological polar surface area (TPSA) is 46.9 Å². The van der Waals surface area contributed by atoms with Crippen LogP contribution in [0, 0.1) is 10.5 Å². The van der Waals surface area contributed by atoms with Crippen molar-refractivity contribution in [1.82, 2.24) is 9.78 Å². The van der Waals surface area contributed by atoms with Crippen LogP contribution in [0.2, 0.25) is 5.02 Å². The second kappa shape index (κ2) is 7.36. The fourth-order valence-electron chi connectivity index (χ4n) is 2.35. The maximum absolute atomic E-state index is 12.4. The molecule has 0 atom stereocenters. The van der Waals surface area contributed by atoms with Crippen LogP contribution in [0.5, 0.6) is 0 Å². The molecule has 0 aliphatic rings. The smallest absolute Gasteiger partial charge is 0.257 e. The van der Waals surface area contributed by atoms with Gasteiger partial charge >= 0.3 is 0 Å². The van der Waals surface area contributed by atoms with E-state index < -0.39 is 0 Å². The molecule has 6 heteroatoms. The van der Waals surface area contributed by atoms with E-state index in [9.17, 15) is 4.79 Å². The number of hydrogen-bond acceptors (Lipinski definition) is 2. The van der Waals surface area contributed by atoms with E-state index in [0.29, 0.717) is 22.9 Å². The van der Waals surface area contributed by atoms with Gasteiger partial charge in [0.1, 0.15) is 0 Å². The number of benzene rings is 2. The molecule has 1 aromatic heterocycles. The number of rotatable bonds is 4. The molecule has 4 nitrogen and oxygen atoms in total. The Labute approximate surface area is 159 Å². The normalized spacial score (nSPS) is 10.6. The van der Waals surface area contributed by atoms with Crippen LogP contribution in [-0.4, -0.2) is 15.7 Å². The molecule has 0 bridgehead atoms. The minimum absolute atomic E-state index is 0.164. The molecule has 1 N–H and O–H groups in total. The molecule has 122 valence electrons. The minimum Gasteiger partial charge on any atom is -0.305 e. The van der Waals surface area contributed by atoms with Crippen LogP contribution in [0.15, 0.2) is 54.6 Å². The van der Waals surface area contributed by atoms with E-state index in [1.807, 2.05) is 60.1 Å². The number of anilines is 1. The third kappa shape index (κ3) is 3.79. The lowest BCUT2D eigenvalue weighted by molar-refractivity contribution is 0.102. The van der Waals surface area contributed by atoms with Crippen LogP contribution in [0.1, 0.15) is 21.6 Å². The quantitative estimate of drug-likeness (QED) is 0.582. The average molecular weight is 452 g/mol. The van der Waals surface area contributed by atoms with E-state index in [2.05, 4.69) is 33.0 Å². The standard InChI is InChI=1S/C18H15ClIN3O/c1-12-10-17(21-18(24)14-7-3-5-9-16(14)20)22-23(12)11-13-6-2-4-8-15(13)19/h2-10H,11H2,1H3,(H,21,22,24). The summed E-state index contributed by atoms with van der Waals surface area (Å²) in [4.78, 5) is 12.4. The third-order valence-electron chi connectivity index (χ3n) is 3.62. The van der Waals surface area contributed by atoms with Crippen molar-refractivity contribution in [3.63, 3.8) is 0 Å². The second-order valence-electron chi connectivity index (χ2n) is 5.35. The number of amides is 1. The Kier molecular flexibility index (Phi) is 5.20. The van der Waals surface area contributed by atoms with E-state index in [1.165, 1.54) is 0 Å². The second-order valence-corrected chi connectivity index (χ2v) is 6.92. The fourth-order valence-corrected chi connectivity index (χ4v) is 3.18. The van der Waals surface area contributed by atoms with Gasteiger partial charge in [-0.1, -0.05) is 41.9 Å². The van der Waals surface area contributed by atoms with Gasteiger partial charge in [-0.25, -0.2) is 0 Å². The van der Waals surface area contributed by atoms with Crippen molar-refractivity contribution in [2.24, 2.45) is 0 Å². The van der Waals surface area contributed by atoms with Gasteiger partial charge in [0.25, 0.3) is 5.91 Å². The van der Waals surface area contributed by atoms with Crippen LogP contribution < -0.4 is 5.32 Å². The summed E-state index contributed by atoms with van der Waals surface area (Å²) in [6.07, 6.45) is 0. The molecule has 1 heterocycles. The number of nitrogens with zero attached hydrogens (tertiary/aromatic N) is 2. The van der Waals surface area contributed by atoms with Crippen LogP contribution in [0.3, 0.4) is 0 Å². The van der Waals surface area contributed by atoms with Gasteiger partial charge < -0.3 is 5.32 Å². The fraction of sp³-hybridized carbons (Fsp3) is 0.111. The Morgan fingerprint density at radius 1 is 1.21 bits per heavy atom. The first-order chi connectivity index (χ1) is 11.5. The van der Waals surface area contributed by atoms with E-state index in [4.69, 9.17) is 11.6 Å². The van der Waals surface area contributed by atoms with Gasteiger partial charge in [-0.3, -0.25) is 9.48 Å². The van der Waals surface area contributed by atoms with Gasteiger partial charge in [0.05, 0.1) is 12.1 Å². The molecule has 0 saturated carbocycles. The molecule has 3 aromatic rings. The summed E-state index contributed by atoms with van der Waals surface area (Å²) in [5.41, 5.74) is 2.57. The molecular formula is C18H15ClIN3O. The summed E-state index contributed by atoms with van der Waals surface area (Å²) < 4.78 is 2.73. The summed E-state index contributed by atoms with van der Waals surface area (Å²) in [6, 6.07) is 17.0. The summed E-state index contributed by atoms with van der Waals surface area (Å²) in [6.45, 7) is 2.51. The molecule has 3 rings (SSSR count). The minimum atomic E-state index is -0.164. The number of halogens is 2. The number of aryl methyl sites for hydroxylation is 1. The molecule has 24 heavy (non-hydrogen) atoms. The highest BCUT2D eigenvalue weighted by Gasteiger charge is 2.13. The maximum atomic E-state index is 12.4. The molecule has 0 radical (unpaired) electrons. The molecule has 0 fully saturated rings. The first-order valence-corrected chi connectivity index (χ1v) is 8.84. The predicted octanol–water partition coefficient (Wildman–Crippen LogP) is 4.75. The van der Waals surface area contributed by atoms with E-state index >= 15 is 0 Å². The van der Waals surface area contributed by atoms with Crippen molar-refractivity contribution in [2.45, 2.75) is 13.5 Å². The lowest BCUT2D eigenvalue weighted by atomic mass is 10.2. The van der Waals surface area contributed by atoms with Gasteiger partial charge in [0.2, 0.25) is 0 Å². The zero-order valence-corrected chi connectivity index (χ0v) is 15.9. The molecule has 0 spiro atoms. The van der Waals surface area contributed by atoms with Gasteiger partial charge in [-0.15, -0.1) is 0 Å². The van der Waals surface area contributed by atoms with Gasteiger partial charge in [-0.2, -0.15) is 5.10 Å². The zero-order chi connectivity index (χ0) is 17.1. The largest absolute Gasteiger partial charge is 0.305 e. The molecule has 2 aromatic carbocycles. The maximum Gasteiger partial charge on any atom is 0.257 e. The Bertz CT molecular complexity index is 891. The lowest BCUT2D eigenvalue weighted by Gasteiger charge is -2.06. The van der Waals surface area contributed by atoms with Crippen molar-refractivity contribution in [3.05, 3.63) is 80.0 Å². The van der Waals surface area contributed by atoms with Gasteiger partial charge in [0.15, 0.2) is 5.82 Å². The monoisotopic (exact) mass is 451 g/mol. The van der Waals surface area contributed by atoms with Crippen molar-refractivity contribution >= 4 is 45.9 Å². The Hall–Kier alpha value is -1.86. The number of nitrogens with one attached hydrogen (secondary N) is 1. The third-order valence-corrected chi connectivity index (χ3v) is 4.93. The first kappa shape index (κ1) is 17.0. The average Bonchev–Trinajstić information content (AvgIpc) is 2.89. The summed E-state index contributed by atoms with van der Waals surface area (Å²) >= 11 is 8.35. The van der Waals surface area contributed by atoms with E-state index in [-0.39, 0.29) is 5.91 Å². The van der Waals surface area contributed by atoms with E-state index in [1.54, 1.807) is 6.07 Å². The van der Waals surface area contributed by atoms with E-state index in [0.717, 1.165) is 14.8 Å². The van der Waals surface area contributed by atoms with Crippen molar-refractivity contribution in [1.29, 1.82) is 0 Å². The van der Waals surface area contributed by atoms with Gasteiger partial charge in [-0.05, 0) is 53.3 Å². The highest BCUT2D eigenvalue weighted by atomic mass is 127. The first-order valence-electron chi connectivity index (χ1n) is 7.38. The van der Waals surface area contributed by atoms with Crippen LogP contribution in [-0.2, 0) is 6.54 Å². The number of hydrogen-bond donors (Lipinski definition) is 1. The molecule has 0 saturated heterocycles. The Balaban J connectivity index is 1.78. The molecule has 0 aliphatic heterocycles. The predicted molar refractivity (Wildman–Crippen MR) is 105 cm³/mol. The van der Waals surface area contributed by atoms with Crippen molar-refractivity contribution in [2.75, 3.05) is 5.32 Å². The number of aromatic nitrogens is 2.